The van der Waals surface area contributed by atoms with E-state index in [-0.39, 0.29) is 10.6 Å². The Bertz CT molecular complexity index is 906. The molecule has 0 saturated carbocycles. The highest BCUT2D eigenvalue weighted by Crippen LogP contribution is 2.32. The van der Waals surface area contributed by atoms with Crippen LogP contribution in [0.1, 0.15) is 17.3 Å². The van der Waals surface area contributed by atoms with Gasteiger partial charge >= 0.3 is 5.97 Å². The first kappa shape index (κ1) is 18.9. The Morgan fingerprint density at radius 2 is 1.78 bits per heavy atom. The van der Waals surface area contributed by atoms with E-state index in [4.69, 9.17) is 25.8 Å². The zero-order valence-corrected chi connectivity index (χ0v) is 14.8. The molecule has 1 atom stereocenters. The molecule has 0 bridgehead atoms. The van der Waals surface area contributed by atoms with Gasteiger partial charge in [0.05, 0.1) is 10.6 Å². The summed E-state index contributed by atoms with van der Waals surface area (Å²) in [6, 6.07) is 6.10. The highest BCUT2D eigenvalue weighted by atomic mass is 35.5. The zero-order chi connectivity index (χ0) is 19.6. The maximum Gasteiger partial charge on any atom is 0.340 e. The number of benzene rings is 2. The molecule has 1 N–H and O–H groups in total. The van der Waals surface area contributed by atoms with Crippen LogP contribution in [0, 0.1) is 11.6 Å². The molecular formula is C18H14ClF2NO5. The van der Waals surface area contributed by atoms with Gasteiger partial charge in [-0.25, -0.2) is 13.6 Å². The second-order valence-corrected chi connectivity index (χ2v) is 6.05. The quantitative estimate of drug-likeness (QED) is 0.630. The maximum absolute atomic E-state index is 13.3. The summed E-state index contributed by atoms with van der Waals surface area (Å²) in [6.45, 7) is 2.17. The van der Waals surface area contributed by atoms with E-state index in [9.17, 15) is 18.4 Å². The van der Waals surface area contributed by atoms with Gasteiger partial charge < -0.3 is 19.5 Å². The third kappa shape index (κ3) is 4.28. The van der Waals surface area contributed by atoms with Gasteiger partial charge in [-0.2, -0.15) is 0 Å². The van der Waals surface area contributed by atoms with E-state index in [0.29, 0.717) is 42.5 Å². The van der Waals surface area contributed by atoms with Crippen LogP contribution >= 0.6 is 11.6 Å². The molecule has 142 valence electrons. The van der Waals surface area contributed by atoms with Crippen LogP contribution < -0.4 is 14.8 Å². The third-order valence-corrected chi connectivity index (χ3v) is 4.01. The maximum atomic E-state index is 13.3. The minimum atomic E-state index is -1.25. The number of fused-ring (bicyclic) bond motifs is 1. The number of amides is 1. The number of carbonyl (C=O) groups excluding carboxylic acids is 2. The van der Waals surface area contributed by atoms with Gasteiger partial charge in [0.2, 0.25) is 0 Å². The summed E-state index contributed by atoms with van der Waals surface area (Å²) in [5.74, 6) is -3.08. The predicted molar refractivity (Wildman–Crippen MR) is 92.3 cm³/mol. The fourth-order valence-corrected chi connectivity index (χ4v) is 2.55. The fraction of sp³-hybridized carbons (Fsp3) is 0.222. The summed E-state index contributed by atoms with van der Waals surface area (Å²) in [6.07, 6.45) is -1.21. The van der Waals surface area contributed by atoms with Gasteiger partial charge in [0.25, 0.3) is 5.91 Å². The van der Waals surface area contributed by atoms with Crippen molar-refractivity contribution in [3.63, 3.8) is 0 Å². The van der Waals surface area contributed by atoms with Crippen molar-refractivity contribution in [3.8, 4) is 11.5 Å². The number of ether oxygens (including phenoxy) is 3. The van der Waals surface area contributed by atoms with Crippen molar-refractivity contribution in [2.24, 2.45) is 0 Å². The molecule has 27 heavy (non-hydrogen) atoms. The lowest BCUT2D eigenvalue weighted by Crippen LogP contribution is -2.30. The molecule has 0 saturated heterocycles. The second kappa shape index (κ2) is 7.79. The SMILES string of the molecule is C[C@@H](OC(=O)c1cc(F)c(F)cc1Cl)C(=O)Nc1ccc2c(c1)OCCO2. The number of rotatable bonds is 4. The van der Waals surface area contributed by atoms with Crippen molar-refractivity contribution in [1.29, 1.82) is 0 Å². The van der Waals surface area contributed by atoms with E-state index in [0.717, 1.165) is 0 Å². The van der Waals surface area contributed by atoms with Crippen LogP contribution in [0.2, 0.25) is 5.02 Å². The van der Waals surface area contributed by atoms with Crippen molar-refractivity contribution >= 4 is 29.2 Å². The van der Waals surface area contributed by atoms with Crippen LogP contribution in [0.5, 0.6) is 11.5 Å². The van der Waals surface area contributed by atoms with Crippen LogP contribution in [0.25, 0.3) is 0 Å². The fourth-order valence-electron chi connectivity index (χ4n) is 2.32. The Kier molecular flexibility index (Phi) is 5.46. The average Bonchev–Trinajstić information content (AvgIpc) is 2.64. The molecule has 9 heteroatoms. The molecule has 0 spiro atoms. The van der Waals surface area contributed by atoms with E-state index in [1.54, 1.807) is 18.2 Å². The standard InChI is InChI=1S/C18H14ClF2NO5/c1-9(27-18(24)11-7-13(20)14(21)8-12(11)19)17(23)22-10-2-3-15-16(6-10)26-5-4-25-15/h2-3,6-9H,4-5H2,1H3,(H,22,23)/t9-/m1/s1. The highest BCUT2D eigenvalue weighted by Gasteiger charge is 2.23. The number of carbonyl (C=O) groups is 2. The molecule has 3 rings (SSSR count). The molecule has 0 aliphatic carbocycles. The van der Waals surface area contributed by atoms with Gasteiger partial charge in [-0.1, -0.05) is 11.6 Å². The van der Waals surface area contributed by atoms with Crippen molar-refractivity contribution < 1.29 is 32.6 Å². The predicted octanol–water partition coefficient (Wildman–Crippen LogP) is 3.57. The van der Waals surface area contributed by atoms with E-state index in [2.05, 4.69) is 5.32 Å². The van der Waals surface area contributed by atoms with Gasteiger partial charge in [-0.3, -0.25) is 4.79 Å². The molecule has 6 nitrogen and oxygen atoms in total. The van der Waals surface area contributed by atoms with Gasteiger partial charge in [0.1, 0.15) is 13.2 Å². The lowest BCUT2D eigenvalue weighted by molar-refractivity contribution is -0.123. The summed E-state index contributed by atoms with van der Waals surface area (Å²) in [7, 11) is 0. The normalized spacial score (nSPS) is 13.6. The Morgan fingerprint density at radius 3 is 2.52 bits per heavy atom. The van der Waals surface area contributed by atoms with Gasteiger partial charge in [-0.05, 0) is 31.2 Å². The van der Waals surface area contributed by atoms with Crippen molar-refractivity contribution in [3.05, 3.63) is 52.6 Å². The smallest absolute Gasteiger partial charge is 0.340 e. The number of esters is 1. The summed E-state index contributed by atoms with van der Waals surface area (Å²) in [5, 5.41) is 2.24. The van der Waals surface area contributed by atoms with Crippen molar-refractivity contribution in [1.82, 2.24) is 0 Å². The summed E-state index contributed by atoms with van der Waals surface area (Å²) in [4.78, 5) is 24.3. The topological polar surface area (TPSA) is 73.9 Å². The summed E-state index contributed by atoms with van der Waals surface area (Å²) >= 11 is 5.72. The molecule has 0 unspecified atom stereocenters. The van der Waals surface area contributed by atoms with Crippen LogP contribution in [0.3, 0.4) is 0 Å². The Morgan fingerprint density at radius 1 is 1.11 bits per heavy atom. The average molecular weight is 398 g/mol. The number of nitrogens with one attached hydrogen (secondary N) is 1. The molecule has 0 fully saturated rings. The largest absolute Gasteiger partial charge is 0.486 e. The van der Waals surface area contributed by atoms with E-state index < -0.39 is 29.6 Å². The lowest BCUT2D eigenvalue weighted by Gasteiger charge is -2.19. The van der Waals surface area contributed by atoms with Crippen molar-refractivity contribution in [2.75, 3.05) is 18.5 Å². The summed E-state index contributed by atoms with van der Waals surface area (Å²) < 4.78 is 42.2. The monoisotopic (exact) mass is 397 g/mol. The number of anilines is 1. The Labute approximate surface area is 158 Å². The molecule has 1 amide bonds. The molecule has 1 heterocycles. The van der Waals surface area contributed by atoms with E-state index >= 15 is 0 Å². The molecule has 2 aromatic carbocycles. The second-order valence-electron chi connectivity index (χ2n) is 5.64. The van der Waals surface area contributed by atoms with Crippen molar-refractivity contribution in [2.45, 2.75) is 13.0 Å². The summed E-state index contributed by atoms with van der Waals surface area (Å²) in [5.41, 5.74) is 0.0348. The number of halogens is 3. The van der Waals surface area contributed by atoms with Gasteiger partial charge in [0, 0.05) is 11.8 Å². The first-order chi connectivity index (χ1) is 12.8. The molecule has 0 radical (unpaired) electrons. The zero-order valence-electron chi connectivity index (χ0n) is 14.1. The number of hydrogen-bond acceptors (Lipinski definition) is 5. The minimum Gasteiger partial charge on any atom is -0.486 e. The Balaban J connectivity index is 1.65. The minimum absolute atomic E-state index is 0.321. The molecule has 1 aliphatic rings. The number of hydrogen-bond donors (Lipinski definition) is 1. The third-order valence-electron chi connectivity index (χ3n) is 3.69. The lowest BCUT2D eigenvalue weighted by atomic mass is 10.2. The highest BCUT2D eigenvalue weighted by molar-refractivity contribution is 6.33. The first-order valence-corrected chi connectivity index (χ1v) is 8.29. The van der Waals surface area contributed by atoms with E-state index in [1.807, 2.05) is 0 Å². The van der Waals surface area contributed by atoms with Gasteiger partial charge in [-0.15, -0.1) is 0 Å². The molecule has 1 aliphatic heterocycles. The first-order valence-electron chi connectivity index (χ1n) is 7.91. The molecule has 2 aromatic rings. The van der Waals surface area contributed by atoms with Crippen LogP contribution in [0.4, 0.5) is 14.5 Å². The van der Waals surface area contributed by atoms with Crippen LogP contribution in [-0.4, -0.2) is 31.2 Å². The Hall–Kier alpha value is -2.87. The van der Waals surface area contributed by atoms with Crippen LogP contribution in [0.15, 0.2) is 30.3 Å². The molecule has 0 aromatic heterocycles. The van der Waals surface area contributed by atoms with Crippen LogP contribution in [-0.2, 0) is 9.53 Å². The van der Waals surface area contributed by atoms with Gasteiger partial charge in [0.15, 0.2) is 29.2 Å². The van der Waals surface area contributed by atoms with E-state index in [1.165, 1.54) is 6.92 Å². The molecular weight excluding hydrogens is 384 g/mol.